The molecule has 2 unspecified atom stereocenters. The van der Waals surface area contributed by atoms with Gasteiger partial charge in [0.1, 0.15) is 31.0 Å². The van der Waals surface area contributed by atoms with E-state index in [1.54, 1.807) is 19.2 Å². The van der Waals surface area contributed by atoms with Crippen molar-refractivity contribution in [2.24, 2.45) is 9.98 Å². The standard InChI is InChI=1S/C25H32ClFN6O4/c1-5-33(19-7-9-21(27)23(11-19)35-4)13-17-15-37-25(29-17)31-30-24-28-16(14-36-24)12-32(2)18-6-8-20(26)22(10-18)34-3/h6-11,16-17H,5,12-15H2,1-4H3,(H,28,30)(H,29,31). The molecule has 2 atom stereocenters. The number of nitrogens with zero attached hydrogens (tertiary/aromatic N) is 4. The van der Waals surface area contributed by atoms with Crippen molar-refractivity contribution >= 4 is 35.0 Å². The lowest BCUT2D eigenvalue weighted by Crippen LogP contribution is -2.42. The number of hydrogen-bond acceptors (Lipinski definition) is 10. The highest BCUT2D eigenvalue weighted by Gasteiger charge is 2.24. The number of benzene rings is 2. The fourth-order valence-corrected chi connectivity index (χ4v) is 4.28. The lowest BCUT2D eigenvalue weighted by atomic mass is 10.2. The minimum absolute atomic E-state index is 0.0547. The molecule has 2 aromatic rings. The number of ether oxygens (including phenoxy) is 4. The summed E-state index contributed by atoms with van der Waals surface area (Å²) in [5, 5.41) is 0.566. The highest BCUT2D eigenvalue weighted by molar-refractivity contribution is 6.32. The number of anilines is 2. The summed E-state index contributed by atoms with van der Waals surface area (Å²) in [6.07, 6.45) is 0. The zero-order chi connectivity index (χ0) is 26.4. The molecule has 0 aliphatic carbocycles. The Morgan fingerprint density at radius 3 is 2.16 bits per heavy atom. The zero-order valence-electron chi connectivity index (χ0n) is 21.3. The van der Waals surface area contributed by atoms with E-state index in [1.165, 1.54) is 13.2 Å². The number of amidine groups is 2. The van der Waals surface area contributed by atoms with E-state index >= 15 is 0 Å². The van der Waals surface area contributed by atoms with Gasteiger partial charge in [-0.25, -0.2) is 25.2 Å². The smallest absolute Gasteiger partial charge is 0.304 e. The SMILES string of the molecule is CCN(CC1COC(NNC2=NC(CN(C)c3ccc(Cl)c(OC)c3)CO2)=N1)c1ccc(F)c(OC)c1. The Labute approximate surface area is 221 Å². The van der Waals surface area contributed by atoms with Gasteiger partial charge < -0.3 is 28.7 Å². The number of methoxy groups -OCH3 is 2. The molecule has 0 bridgehead atoms. The number of aliphatic imine (C=N–C) groups is 2. The number of hydrazine groups is 1. The van der Waals surface area contributed by atoms with Crippen LogP contribution in [0.3, 0.4) is 0 Å². The second-order valence-electron chi connectivity index (χ2n) is 8.61. The molecule has 2 aliphatic rings. The summed E-state index contributed by atoms with van der Waals surface area (Å²) in [5.74, 6) is 0.445. The Morgan fingerprint density at radius 2 is 1.54 bits per heavy atom. The van der Waals surface area contributed by atoms with Crippen molar-refractivity contribution in [1.82, 2.24) is 10.9 Å². The van der Waals surface area contributed by atoms with E-state index in [0.717, 1.165) is 17.9 Å². The second-order valence-corrected chi connectivity index (χ2v) is 9.01. The van der Waals surface area contributed by atoms with Crippen molar-refractivity contribution in [2.75, 3.05) is 63.9 Å². The van der Waals surface area contributed by atoms with Gasteiger partial charge in [-0.3, -0.25) is 0 Å². The number of halogens is 2. The van der Waals surface area contributed by atoms with Gasteiger partial charge in [0.15, 0.2) is 11.6 Å². The van der Waals surface area contributed by atoms with Gasteiger partial charge in [0.2, 0.25) is 0 Å². The van der Waals surface area contributed by atoms with Crippen LogP contribution in [0.25, 0.3) is 0 Å². The molecule has 2 N–H and O–H groups in total. The van der Waals surface area contributed by atoms with Gasteiger partial charge in [-0.15, -0.1) is 0 Å². The third-order valence-corrected chi connectivity index (χ3v) is 6.39. The van der Waals surface area contributed by atoms with Crippen molar-refractivity contribution in [3.8, 4) is 11.5 Å². The molecule has 0 saturated heterocycles. The van der Waals surface area contributed by atoms with Gasteiger partial charge in [0.05, 0.1) is 19.2 Å². The second kappa shape index (κ2) is 12.1. The summed E-state index contributed by atoms with van der Waals surface area (Å²) in [6.45, 7) is 4.88. The molecule has 2 heterocycles. The minimum Gasteiger partial charge on any atom is -0.495 e. The van der Waals surface area contributed by atoms with Gasteiger partial charge in [0.25, 0.3) is 0 Å². The number of likely N-dealkylation sites (N-methyl/N-ethyl adjacent to an activating group) is 2. The average Bonchev–Trinajstić information content (AvgIpc) is 3.55. The first kappa shape index (κ1) is 26.5. The largest absolute Gasteiger partial charge is 0.495 e. The van der Waals surface area contributed by atoms with E-state index in [1.807, 2.05) is 32.2 Å². The van der Waals surface area contributed by atoms with Crippen LogP contribution >= 0.6 is 11.6 Å². The van der Waals surface area contributed by atoms with Gasteiger partial charge in [-0.1, -0.05) is 11.6 Å². The molecule has 12 heteroatoms. The Hall–Kier alpha value is -3.60. The molecule has 37 heavy (non-hydrogen) atoms. The quantitative estimate of drug-likeness (QED) is 0.474. The topological polar surface area (TPSA) is 92.2 Å². The lowest BCUT2D eigenvalue weighted by molar-refractivity contribution is 0.288. The molecule has 0 saturated carbocycles. The minimum atomic E-state index is -0.391. The summed E-state index contributed by atoms with van der Waals surface area (Å²) < 4.78 is 35.5. The molecule has 4 rings (SSSR count). The summed E-state index contributed by atoms with van der Waals surface area (Å²) in [5.41, 5.74) is 7.68. The lowest BCUT2D eigenvalue weighted by Gasteiger charge is -2.25. The van der Waals surface area contributed by atoms with Crippen LogP contribution in [-0.2, 0) is 9.47 Å². The van der Waals surface area contributed by atoms with Crippen LogP contribution in [0.4, 0.5) is 15.8 Å². The Morgan fingerprint density at radius 1 is 0.946 bits per heavy atom. The van der Waals surface area contributed by atoms with Crippen molar-refractivity contribution in [3.05, 3.63) is 47.2 Å². The molecule has 0 radical (unpaired) electrons. The monoisotopic (exact) mass is 534 g/mol. The third-order valence-electron chi connectivity index (χ3n) is 6.07. The Kier molecular flexibility index (Phi) is 8.65. The Balaban J connectivity index is 1.27. The van der Waals surface area contributed by atoms with E-state index in [0.29, 0.717) is 49.1 Å². The predicted octanol–water partition coefficient (Wildman–Crippen LogP) is 3.06. The van der Waals surface area contributed by atoms with Crippen LogP contribution in [0, 0.1) is 5.82 Å². The first-order valence-electron chi connectivity index (χ1n) is 12.0. The fourth-order valence-electron chi connectivity index (χ4n) is 4.09. The van der Waals surface area contributed by atoms with Crippen LogP contribution in [0.5, 0.6) is 11.5 Å². The first-order valence-corrected chi connectivity index (χ1v) is 12.3. The fraction of sp³-hybridized carbons (Fsp3) is 0.440. The van der Waals surface area contributed by atoms with E-state index < -0.39 is 5.82 Å². The van der Waals surface area contributed by atoms with Crippen molar-refractivity contribution in [2.45, 2.75) is 19.0 Å². The van der Waals surface area contributed by atoms with E-state index in [2.05, 4.69) is 30.6 Å². The van der Waals surface area contributed by atoms with Crippen LogP contribution in [0.2, 0.25) is 5.02 Å². The number of nitrogens with one attached hydrogen (secondary N) is 2. The zero-order valence-corrected chi connectivity index (χ0v) is 22.1. The van der Waals surface area contributed by atoms with E-state index in [9.17, 15) is 4.39 Å². The maximum absolute atomic E-state index is 13.8. The van der Waals surface area contributed by atoms with Gasteiger partial charge in [-0.05, 0) is 31.2 Å². The third kappa shape index (κ3) is 6.59. The van der Waals surface area contributed by atoms with Crippen LogP contribution < -0.4 is 30.1 Å². The van der Waals surface area contributed by atoms with Crippen molar-refractivity contribution in [1.29, 1.82) is 0 Å². The first-order chi connectivity index (χ1) is 17.9. The molecule has 0 fully saturated rings. The summed E-state index contributed by atoms with van der Waals surface area (Å²) in [7, 11) is 5.02. The average molecular weight is 535 g/mol. The van der Waals surface area contributed by atoms with Crippen molar-refractivity contribution < 1.29 is 23.3 Å². The molecule has 0 amide bonds. The van der Waals surface area contributed by atoms with Crippen LogP contribution in [0.1, 0.15) is 6.92 Å². The van der Waals surface area contributed by atoms with E-state index in [4.69, 9.17) is 30.5 Å². The molecular weight excluding hydrogens is 503 g/mol. The normalized spacial score (nSPS) is 18.3. The highest BCUT2D eigenvalue weighted by Crippen LogP contribution is 2.29. The number of rotatable bonds is 9. The highest BCUT2D eigenvalue weighted by atomic mass is 35.5. The van der Waals surface area contributed by atoms with Crippen LogP contribution in [-0.4, -0.2) is 78.2 Å². The number of hydrogen-bond donors (Lipinski definition) is 2. The van der Waals surface area contributed by atoms with Crippen LogP contribution in [0.15, 0.2) is 46.4 Å². The Bertz CT molecular complexity index is 1150. The van der Waals surface area contributed by atoms with Gasteiger partial charge >= 0.3 is 12.0 Å². The summed E-state index contributed by atoms with van der Waals surface area (Å²) in [4.78, 5) is 13.3. The van der Waals surface area contributed by atoms with Crippen molar-refractivity contribution in [3.63, 3.8) is 0 Å². The molecule has 0 spiro atoms. The molecule has 200 valence electrons. The molecular formula is C25H32ClFN6O4. The summed E-state index contributed by atoms with van der Waals surface area (Å²) >= 11 is 6.12. The predicted molar refractivity (Wildman–Crippen MR) is 143 cm³/mol. The molecule has 0 aromatic heterocycles. The maximum Gasteiger partial charge on any atom is 0.304 e. The molecule has 2 aromatic carbocycles. The maximum atomic E-state index is 13.8. The summed E-state index contributed by atoms with van der Waals surface area (Å²) in [6, 6.07) is 11.0. The van der Waals surface area contributed by atoms with Gasteiger partial charge in [-0.2, -0.15) is 0 Å². The van der Waals surface area contributed by atoms with E-state index in [-0.39, 0.29) is 17.8 Å². The molecule has 2 aliphatic heterocycles. The molecule has 10 nitrogen and oxygen atoms in total. The van der Waals surface area contributed by atoms with Gasteiger partial charge in [0, 0.05) is 50.2 Å².